The molecular weight excluding hydrogens is 1210 g/mol. The van der Waals surface area contributed by atoms with Gasteiger partial charge in [-0.15, -0.1) is 11.8 Å². The number of carbonyl (C=O) groups excluding carboxylic acids is 7. The van der Waals surface area contributed by atoms with Crippen molar-refractivity contribution in [3.05, 3.63) is 286 Å². The van der Waals surface area contributed by atoms with Crippen LogP contribution in [-0.4, -0.2) is 81.2 Å². The van der Waals surface area contributed by atoms with Gasteiger partial charge in [0.15, 0.2) is 34.6 Å². The Kier molecular flexibility index (Phi) is 19.4. The third kappa shape index (κ3) is 14.1. The van der Waals surface area contributed by atoms with Crippen LogP contribution in [0.25, 0.3) is 10.4 Å². The molecule has 2 aliphatic rings. The fourth-order valence-electron chi connectivity index (χ4n) is 10.8. The molecule has 0 bridgehead atoms. The van der Waals surface area contributed by atoms with E-state index in [0.717, 1.165) is 53.6 Å². The molecule has 1 aromatic heterocycles. The molecule has 3 heterocycles. The van der Waals surface area contributed by atoms with Crippen LogP contribution in [0.5, 0.6) is 11.5 Å². The van der Waals surface area contributed by atoms with E-state index in [1.54, 1.807) is 97.1 Å². The number of nitrogen functional groups attached to an aromatic ring is 1. The van der Waals surface area contributed by atoms with Crippen molar-refractivity contribution in [2.45, 2.75) is 49.5 Å². The van der Waals surface area contributed by atoms with Gasteiger partial charge in [0.2, 0.25) is 6.10 Å². The summed E-state index contributed by atoms with van der Waals surface area (Å²) in [6.45, 7) is 1.83. The van der Waals surface area contributed by atoms with Gasteiger partial charge in [-0.2, -0.15) is 0 Å². The number of nitrogens with zero attached hydrogens (tertiary/aromatic N) is 3. The maximum absolute atomic E-state index is 15.8. The normalized spacial score (nSPS) is 14.8. The number of nitrogens with one attached hydrogen (secondary N) is 1. The Bertz CT molecular complexity index is 4140. The number of ether oxygens (including phenoxy) is 5. The summed E-state index contributed by atoms with van der Waals surface area (Å²) in [5, 5.41) is 6.42. The van der Waals surface area contributed by atoms with E-state index in [4.69, 9.17) is 45.0 Å². The minimum atomic E-state index is -1.91. The number of anilines is 1. The minimum absolute atomic E-state index is 0.00470. The van der Waals surface area contributed by atoms with E-state index in [2.05, 4.69) is 10.5 Å². The van der Waals surface area contributed by atoms with Crippen LogP contribution in [0.2, 0.25) is 0 Å². The topological polar surface area (TPSA) is 267 Å². The van der Waals surface area contributed by atoms with Crippen molar-refractivity contribution in [2.75, 3.05) is 18.1 Å². The number of oxime groups is 1. The Balaban J connectivity index is 1.03. The molecule has 0 radical (unpaired) electrons. The summed E-state index contributed by atoms with van der Waals surface area (Å²) >= 11 is 2.21. The molecule has 8 aromatic carbocycles. The number of thioether (sulfide) groups is 1. The second-order valence-electron chi connectivity index (χ2n) is 21.1. The lowest BCUT2D eigenvalue weighted by Crippen LogP contribution is -2.71. The average Bonchev–Trinajstić information content (AvgIpc) is 0.784. The molecular formula is C71H58N6O13S2. The second kappa shape index (κ2) is 28.6. The zero-order valence-electron chi connectivity index (χ0n) is 49.4. The van der Waals surface area contributed by atoms with Gasteiger partial charge in [0, 0.05) is 36.7 Å². The van der Waals surface area contributed by atoms with E-state index in [-0.39, 0.29) is 50.8 Å². The molecule has 5 N–H and O–H groups in total. The molecule has 11 rings (SSSR count). The van der Waals surface area contributed by atoms with Crippen LogP contribution in [0.3, 0.4) is 0 Å². The summed E-state index contributed by atoms with van der Waals surface area (Å²) in [4.78, 5) is 110. The summed E-state index contributed by atoms with van der Waals surface area (Å²) in [5.41, 5.74) is 17.1. The number of carbonyl (C=O) groups is 7. The van der Waals surface area contributed by atoms with Gasteiger partial charge in [-0.05, 0) is 56.6 Å². The molecule has 0 spiro atoms. The zero-order chi connectivity index (χ0) is 64.3. The number of β-lactam (4-membered cyclic amide) rings is 1. The van der Waals surface area contributed by atoms with Gasteiger partial charge in [-0.1, -0.05) is 229 Å². The van der Waals surface area contributed by atoms with Crippen LogP contribution in [0.15, 0.2) is 241 Å². The first kappa shape index (κ1) is 62.4. The number of fused-ring (bicyclic) bond motifs is 1. The number of primary amides is 1. The fourth-order valence-corrected chi connectivity index (χ4v) is 13.0. The van der Waals surface area contributed by atoms with Gasteiger partial charge in [0.25, 0.3) is 11.8 Å². The number of hydrogen-bond donors (Lipinski definition) is 3. The predicted molar refractivity (Wildman–Crippen MR) is 344 cm³/mol. The number of aromatic nitrogens is 1. The van der Waals surface area contributed by atoms with E-state index in [1.165, 1.54) is 23.1 Å². The van der Waals surface area contributed by atoms with Crippen molar-refractivity contribution in [2.24, 2.45) is 10.9 Å². The highest BCUT2D eigenvalue weighted by Gasteiger charge is 2.55. The van der Waals surface area contributed by atoms with Gasteiger partial charge in [-0.25, -0.2) is 19.4 Å². The Morgan fingerprint density at radius 3 is 1.63 bits per heavy atom. The number of esters is 4. The lowest BCUT2D eigenvalue weighted by atomic mass is 9.82. The van der Waals surface area contributed by atoms with E-state index in [0.29, 0.717) is 32.7 Å². The van der Waals surface area contributed by atoms with Crippen LogP contribution in [0.4, 0.5) is 9.93 Å². The Labute approximate surface area is 536 Å². The Morgan fingerprint density at radius 2 is 1.11 bits per heavy atom. The zero-order valence-corrected chi connectivity index (χ0v) is 51.0. The number of benzene rings is 8. The minimum Gasteiger partial charge on any atom is -0.449 e. The van der Waals surface area contributed by atoms with Gasteiger partial charge in [0.1, 0.15) is 29.4 Å². The van der Waals surface area contributed by atoms with Gasteiger partial charge in [0.05, 0.1) is 4.88 Å². The van der Waals surface area contributed by atoms with Crippen LogP contribution < -0.4 is 26.3 Å². The average molecular weight is 1270 g/mol. The SMILES string of the molecule is CC(=O)Oc1ccc(C(O/N=C(\C(=O)N[C@@H]2C(=O)N3C(C(=O)OC(c4ccccc4)c4ccccc4)=C(COC(N)=O)CS[C@H]23)c2nc(N)sc2-c2ccccc2C(c2ccccc2)c2ccccc2)C(=O)OC(c2ccccc2)c2ccccc2)cc1OC(C)=O. The van der Waals surface area contributed by atoms with Crippen LogP contribution >= 0.6 is 23.1 Å². The second-order valence-corrected chi connectivity index (χ2v) is 23.2. The summed E-state index contributed by atoms with van der Waals surface area (Å²) in [6, 6.07) is 65.5. The van der Waals surface area contributed by atoms with E-state index >= 15 is 9.59 Å². The third-order valence-electron chi connectivity index (χ3n) is 14.9. The molecule has 1 fully saturated rings. The lowest BCUT2D eigenvalue weighted by Gasteiger charge is -2.49. The van der Waals surface area contributed by atoms with Crippen molar-refractivity contribution in [3.63, 3.8) is 0 Å². The van der Waals surface area contributed by atoms with Crippen molar-refractivity contribution >= 4 is 75.7 Å². The molecule has 0 saturated carbocycles. The number of amides is 3. The summed E-state index contributed by atoms with van der Waals surface area (Å²) < 4.78 is 28.8. The van der Waals surface area contributed by atoms with E-state index < -0.39 is 83.8 Å². The first-order valence-corrected chi connectivity index (χ1v) is 30.8. The molecule has 2 aliphatic heterocycles. The molecule has 92 heavy (non-hydrogen) atoms. The van der Waals surface area contributed by atoms with Crippen molar-refractivity contribution < 1.29 is 62.1 Å². The first-order chi connectivity index (χ1) is 44.7. The molecule has 0 aliphatic carbocycles. The monoisotopic (exact) mass is 1270 g/mol. The molecule has 1 saturated heterocycles. The molecule has 9 aromatic rings. The maximum atomic E-state index is 15.8. The van der Waals surface area contributed by atoms with Gasteiger partial charge < -0.3 is 45.3 Å². The van der Waals surface area contributed by atoms with Crippen LogP contribution in [-0.2, 0) is 47.8 Å². The van der Waals surface area contributed by atoms with E-state index in [9.17, 15) is 24.0 Å². The van der Waals surface area contributed by atoms with Crippen molar-refractivity contribution in [1.82, 2.24) is 15.2 Å². The van der Waals surface area contributed by atoms with Crippen molar-refractivity contribution in [1.29, 1.82) is 0 Å². The quantitative estimate of drug-likeness (QED) is 0.0108. The molecule has 19 nitrogen and oxygen atoms in total. The highest BCUT2D eigenvalue weighted by molar-refractivity contribution is 8.00. The molecule has 462 valence electrons. The highest BCUT2D eigenvalue weighted by Crippen LogP contribution is 2.45. The van der Waals surface area contributed by atoms with Crippen LogP contribution in [0, 0.1) is 0 Å². The Morgan fingerprint density at radius 1 is 0.620 bits per heavy atom. The lowest BCUT2D eigenvalue weighted by molar-refractivity contribution is -0.162. The maximum Gasteiger partial charge on any atom is 0.404 e. The number of nitrogens with two attached hydrogens (primary N) is 2. The number of thiazole rings is 1. The fraction of sp³-hybridized carbons (Fsp3) is 0.141. The Hall–Kier alpha value is -11.2. The molecule has 3 amide bonds. The summed E-state index contributed by atoms with van der Waals surface area (Å²) in [7, 11) is 0. The first-order valence-electron chi connectivity index (χ1n) is 28.9. The number of hydrogen-bond acceptors (Lipinski definition) is 18. The van der Waals surface area contributed by atoms with E-state index in [1.807, 2.05) is 109 Å². The number of rotatable bonds is 22. The standard InChI is InChI=1S/C71H58N6O13S2/c1-42(78)86-54-38-37-50(39-55(54)87-43(2)79)63(69(83)89-62(48-31-17-7-18-32-48)49-33-19-8-20-34-49)90-76-58(57-64(92-70(72)75-57)53-36-22-21-35-52(53)56(44-23-9-3-10-24-44)45-25-11-4-12-26-45)65(80)74-59-66(81)77-60(51(40-85-71(73)84)41-91-67(59)77)68(82)88-61(46-27-13-5-14-28-46)47-29-15-6-16-30-47/h3-39,56,59,61-63,67H,40-41H2,1-2H3,(H2,72,75)(H2,73,84)(H,74,80)/b76-58-/t59-,63?,67-/m1/s1. The van der Waals surface area contributed by atoms with Gasteiger partial charge >= 0.3 is 30.0 Å². The predicted octanol–water partition coefficient (Wildman–Crippen LogP) is 11.3. The van der Waals surface area contributed by atoms with Crippen molar-refractivity contribution in [3.8, 4) is 21.9 Å². The molecule has 3 atom stereocenters. The summed E-state index contributed by atoms with van der Waals surface area (Å²) in [6.07, 6.45) is -5.02. The largest absolute Gasteiger partial charge is 0.449 e. The van der Waals surface area contributed by atoms with Gasteiger partial charge in [-0.3, -0.25) is 24.1 Å². The summed E-state index contributed by atoms with van der Waals surface area (Å²) in [5.74, 6) is -6.12. The molecule has 21 heteroatoms. The smallest absolute Gasteiger partial charge is 0.404 e. The molecule has 1 unspecified atom stereocenters. The van der Waals surface area contributed by atoms with Crippen LogP contribution in [0.1, 0.15) is 88.3 Å². The highest BCUT2D eigenvalue weighted by atomic mass is 32.2. The third-order valence-corrected chi connectivity index (χ3v) is 17.1.